The molecule has 1 heteroatoms. The first kappa shape index (κ1) is 18.2. The third-order valence-corrected chi connectivity index (χ3v) is 4.32. The standard InChI is InChI=1S/C23H29N/c1-3-5-6-7-8-9-12-22-13-10-11-14-23(22)24-19-21-17-15-20(4-2)16-18-21/h4,10-11,13-19H,2-3,5-9,12H2,1H3. The molecular weight excluding hydrogens is 290 g/mol. The fraction of sp³-hybridized carbons (Fsp3) is 0.348. The smallest absolute Gasteiger partial charge is 0.0661 e. The van der Waals surface area contributed by atoms with Gasteiger partial charge in [0, 0.05) is 6.21 Å². The minimum Gasteiger partial charge on any atom is -0.256 e. The first-order chi connectivity index (χ1) is 11.8. The lowest BCUT2D eigenvalue weighted by molar-refractivity contribution is 0.607. The van der Waals surface area contributed by atoms with Crippen LogP contribution in [0.4, 0.5) is 5.69 Å². The van der Waals surface area contributed by atoms with E-state index in [1.807, 2.05) is 12.3 Å². The normalized spacial score (nSPS) is 11.0. The minimum absolute atomic E-state index is 1.10. The second kappa shape index (κ2) is 10.6. The van der Waals surface area contributed by atoms with Crippen LogP contribution in [0.25, 0.3) is 6.08 Å². The summed E-state index contributed by atoms with van der Waals surface area (Å²) in [6.45, 7) is 6.05. The lowest BCUT2D eigenvalue weighted by atomic mass is 10.0. The van der Waals surface area contributed by atoms with Crippen LogP contribution in [0.2, 0.25) is 0 Å². The number of aliphatic imine (C=N–C) groups is 1. The maximum atomic E-state index is 4.71. The molecule has 0 aliphatic heterocycles. The van der Waals surface area contributed by atoms with Crippen molar-refractivity contribution in [2.45, 2.75) is 51.9 Å². The van der Waals surface area contributed by atoms with Crippen LogP contribution in [0, 0.1) is 0 Å². The van der Waals surface area contributed by atoms with Crippen LogP contribution in [0.3, 0.4) is 0 Å². The van der Waals surface area contributed by atoms with Gasteiger partial charge < -0.3 is 0 Å². The van der Waals surface area contributed by atoms with Crippen molar-refractivity contribution in [3.05, 3.63) is 71.8 Å². The van der Waals surface area contributed by atoms with Gasteiger partial charge in [-0.3, -0.25) is 4.99 Å². The van der Waals surface area contributed by atoms with Gasteiger partial charge >= 0.3 is 0 Å². The summed E-state index contributed by atoms with van der Waals surface area (Å²) in [7, 11) is 0. The van der Waals surface area contributed by atoms with Gasteiger partial charge in [-0.2, -0.15) is 0 Å². The van der Waals surface area contributed by atoms with Crippen molar-refractivity contribution >= 4 is 18.0 Å². The van der Waals surface area contributed by atoms with Crippen LogP contribution in [0.5, 0.6) is 0 Å². The SMILES string of the molecule is C=Cc1ccc(C=Nc2ccccc2CCCCCCCC)cc1. The quantitative estimate of drug-likeness (QED) is 0.331. The largest absolute Gasteiger partial charge is 0.256 e. The topological polar surface area (TPSA) is 12.4 Å². The number of hydrogen-bond acceptors (Lipinski definition) is 1. The van der Waals surface area contributed by atoms with Crippen molar-refractivity contribution in [3.8, 4) is 0 Å². The van der Waals surface area contributed by atoms with Crippen molar-refractivity contribution < 1.29 is 0 Å². The summed E-state index contributed by atoms with van der Waals surface area (Å²) in [6.07, 6.45) is 12.9. The van der Waals surface area contributed by atoms with E-state index in [1.165, 1.54) is 44.1 Å². The van der Waals surface area contributed by atoms with E-state index in [0.29, 0.717) is 0 Å². The van der Waals surface area contributed by atoms with Gasteiger partial charge in [0.25, 0.3) is 0 Å². The Labute approximate surface area is 147 Å². The summed E-state index contributed by atoms with van der Waals surface area (Å²) in [5.74, 6) is 0. The Balaban J connectivity index is 1.92. The molecule has 0 N–H and O–H groups in total. The molecule has 0 amide bonds. The Morgan fingerprint density at radius 2 is 1.50 bits per heavy atom. The highest BCUT2D eigenvalue weighted by Gasteiger charge is 2.00. The molecule has 2 aromatic rings. The molecule has 2 aromatic carbocycles. The highest BCUT2D eigenvalue weighted by atomic mass is 14.7. The Morgan fingerprint density at radius 1 is 0.833 bits per heavy atom. The van der Waals surface area contributed by atoms with Gasteiger partial charge in [-0.05, 0) is 35.6 Å². The van der Waals surface area contributed by atoms with E-state index in [1.54, 1.807) is 0 Å². The number of aryl methyl sites for hydroxylation is 1. The van der Waals surface area contributed by atoms with Crippen LogP contribution in [-0.2, 0) is 6.42 Å². The summed E-state index contributed by atoms with van der Waals surface area (Å²) in [4.78, 5) is 4.71. The minimum atomic E-state index is 1.10. The van der Waals surface area contributed by atoms with Gasteiger partial charge in [-0.25, -0.2) is 0 Å². The molecule has 0 saturated carbocycles. The second-order valence-corrected chi connectivity index (χ2v) is 6.28. The Bertz CT molecular complexity index is 637. The van der Waals surface area contributed by atoms with E-state index < -0.39 is 0 Å². The number of hydrogen-bond donors (Lipinski definition) is 0. The van der Waals surface area contributed by atoms with Crippen molar-refractivity contribution in [1.29, 1.82) is 0 Å². The van der Waals surface area contributed by atoms with Crippen LogP contribution in [0.1, 0.15) is 62.1 Å². The maximum Gasteiger partial charge on any atom is 0.0661 e. The van der Waals surface area contributed by atoms with Crippen molar-refractivity contribution in [2.24, 2.45) is 4.99 Å². The van der Waals surface area contributed by atoms with Gasteiger partial charge in [0.2, 0.25) is 0 Å². The van der Waals surface area contributed by atoms with Crippen molar-refractivity contribution in [3.63, 3.8) is 0 Å². The summed E-state index contributed by atoms with van der Waals surface area (Å²) in [5.41, 5.74) is 4.71. The molecule has 0 radical (unpaired) electrons. The molecule has 24 heavy (non-hydrogen) atoms. The zero-order valence-corrected chi connectivity index (χ0v) is 14.9. The van der Waals surface area contributed by atoms with E-state index in [0.717, 1.165) is 23.2 Å². The van der Waals surface area contributed by atoms with E-state index in [4.69, 9.17) is 4.99 Å². The van der Waals surface area contributed by atoms with Gasteiger partial charge in [0.1, 0.15) is 0 Å². The highest BCUT2D eigenvalue weighted by Crippen LogP contribution is 2.21. The predicted molar refractivity (Wildman–Crippen MR) is 107 cm³/mol. The highest BCUT2D eigenvalue weighted by molar-refractivity contribution is 5.82. The van der Waals surface area contributed by atoms with E-state index >= 15 is 0 Å². The maximum absolute atomic E-state index is 4.71. The fourth-order valence-electron chi connectivity index (χ4n) is 2.81. The zero-order valence-electron chi connectivity index (χ0n) is 14.9. The van der Waals surface area contributed by atoms with Gasteiger partial charge in [0.05, 0.1) is 5.69 Å². The molecule has 126 valence electrons. The summed E-state index contributed by atoms with van der Waals surface area (Å²) in [5, 5.41) is 0. The lowest BCUT2D eigenvalue weighted by Crippen LogP contribution is -1.88. The molecule has 1 nitrogen and oxygen atoms in total. The third kappa shape index (κ3) is 6.16. The van der Waals surface area contributed by atoms with Crippen LogP contribution >= 0.6 is 0 Å². The first-order valence-corrected chi connectivity index (χ1v) is 9.18. The second-order valence-electron chi connectivity index (χ2n) is 6.28. The molecule has 0 atom stereocenters. The van der Waals surface area contributed by atoms with Crippen molar-refractivity contribution in [2.75, 3.05) is 0 Å². The molecule has 0 fully saturated rings. The molecule has 2 rings (SSSR count). The fourth-order valence-corrected chi connectivity index (χ4v) is 2.81. The Kier molecular flexibility index (Phi) is 8.03. The van der Waals surface area contributed by atoms with Crippen molar-refractivity contribution in [1.82, 2.24) is 0 Å². The average Bonchev–Trinajstić information content (AvgIpc) is 2.64. The summed E-state index contributed by atoms with van der Waals surface area (Å²) >= 11 is 0. The van der Waals surface area contributed by atoms with E-state index in [2.05, 4.69) is 62.0 Å². The number of benzene rings is 2. The third-order valence-electron chi connectivity index (χ3n) is 4.32. The Morgan fingerprint density at radius 3 is 2.25 bits per heavy atom. The summed E-state index contributed by atoms with van der Waals surface area (Å²) < 4.78 is 0. The number of para-hydroxylation sites is 1. The molecule has 0 aromatic heterocycles. The number of nitrogens with zero attached hydrogens (tertiary/aromatic N) is 1. The molecule has 0 aliphatic rings. The lowest BCUT2D eigenvalue weighted by Gasteiger charge is -2.06. The Hall–Kier alpha value is -2.15. The van der Waals surface area contributed by atoms with E-state index in [-0.39, 0.29) is 0 Å². The molecule has 0 heterocycles. The molecule has 0 aliphatic carbocycles. The predicted octanol–water partition coefficient (Wildman–Crippen LogP) is 6.98. The first-order valence-electron chi connectivity index (χ1n) is 9.18. The molecule has 0 spiro atoms. The van der Waals surface area contributed by atoms with Crippen LogP contribution < -0.4 is 0 Å². The monoisotopic (exact) mass is 319 g/mol. The van der Waals surface area contributed by atoms with Gasteiger partial charge in [-0.1, -0.05) is 94.1 Å². The molecule has 0 saturated heterocycles. The summed E-state index contributed by atoms with van der Waals surface area (Å²) in [6, 6.07) is 16.8. The molecule has 0 unspecified atom stereocenters. The molecular formula is C23H29N. The van der Waals surface area contributed by atoms with Crippen LogP contribution in [0.15, 0.2) is 60.1 Å². The number of unbranched alkanes of at least 4 members (excludes halogenated alkanes) is 5. The molecule has 0 bridgehead atoms. The van der Waals surface area contributed by atoms with Crippen LogP contribution in [-0.4, -0.2) is 6.21 Å². The van der Waals surface area contributed by atoms with Gasteiger partial charge in [-0.15, -0.1) is 0 Å². The number of rotatable bonds is 10. The van der Waals surface area contributed by atoms with Gasteiger partial charge in [0.15, 0.2) is 0 Å². The van der Waals surface area contributed by atoms with E-state index in [9.17, 15) is 0 Å². The zero-order chi connectivity index (χ0) is 17.0. The average molecular weight is 319 g/mol.